The molecule has 0 spiro atoms. The Morgan fingerprint density at radius 2 is 1.72 bits per heavy atom. The molecule has 0 bridgehead atoms. The van der Waals surface area contributed by atoms with Crippen LogP contribution in [0, 0.1) is 5.92 Å². The molecule has 3 rings (SSSR count). The zero-order valence-corrected chi connectivity index (χ0v) is 16.5. The summed E-state index contributed by atoms with van der Waals surface area (Å²) in [6, 6.07) is -0.161. The first-order valence-electron chi connectivity index (χ1n) is 9.74. The van der Waals surface area contributed by atoms with Gasteiger partial charge in [-0.2, -0.15) is 0 Å². The molecule has 2 atom stereocenters. The minimum atomic E-state index is -3.05. The zero-order valence-electron chi connectivity index (χ0n) is 15.7. The number of rotatable bonds is 5. The lowest BCUT2D eigenvalue weighted by molar-refractivity contribution is -0.137. The molecule has 2 saturated heterocycles. The average molecular weight is 372 g/mol. The van der Waals surface area contributed by atoms with Crippen molar-refractivity contribution in [3.8, 4) is 0 Å². The van der Waals surface area contributed by atoms with Gasteiger partial charge in [-0.25, -0.2) is 8.42 Å². The molecule has 144 valence electrons. The third-order valence-corrected chi connectivity index (χ3v) is 7.81. The number of amides is 1. The molecule has 1 aliphatic carbocycles. The summed E-state index contributed by atoms with van der Waals surface area (Å²) < 4.78 is 24.5. The van der Waals surface area contributed by atoms with Crippen molar-refractivity contribution in [1.29, 1.82) is 0 Å². The molecule has 2 heterocycles. The summed E-state index contributed by atoms with van der Waals surface area (Å²) in [5, 5.41) is 0. The summed E-state index contributed by atoms with van der Waals surface area (Å²) in [4.78, 5) is 18.6. The van der Waals surface area contributed by atoms with E-state index in [0.29, 0.717) is 13.1 Å². The van der Waals surface area contributed by atoms with Gasteiger partial charge in [0.15, 0.2) is 9.84 Å². The van der Waals surface area contributed by atoms with Crippen molar-refractivity contribution in [3.05, 3.63) is 0 Å². The van der Waals surface area contributed by atoms with E-state index in [1.165, 1.54) is 38.5 Å². The number of hydrogen-bond donors (Lipinski definition) is 0. The number of nitrogens with zero attached hydrogens (tertiary/aromatic N) is 3. The molecule has 6 nitrogen and oxygen atoms in total. The SMILES string of the molecule is CN(C)CC(=O)N1CCN(CCC2CCCCC2)[C@H]2CS(=O)(=O)C[C@H]21. The molecule has 7 heteroatoms. The Morgan fingerprint density at radius 1 is 1.04 bits per heavy atom. The predicted molar refractivity (Wildman–Crippen MR) is 99.3 cm³/mol. The van der Waals surface area contributed by atoms with Crippen LogP contribution in [0.25, 0.3) is 0 Å². The van der Waals surface area contributed by atoms with Gasteiger partial charge in [0, 0.05) is 19.1 Å². The summed E-state index contributed by atoms with van der Waals surface area (Å²) >= 11 is 0. The number of carbonyl (C=O) groups is 1. The van der Waals surface area contributed by atoms with Crippen molar-refractivity contribution < 1.29 is 13.2 Å². The van der Waals surface area contributed by atoms with E-state index in [1.807, 2.05) is 23.9 Å². The van der Waals surface area contributed by atoms with E-state index in [1.54, 1.807) is 0 Å². The Bertz CT molecular complexity index is 572. The van der Waals surface area contributed by atoms with Crippen LogP contribution >= 0.6 is 0 Å². The summed E-state index contributed by atoms with van der Waals surface area (Å²) in [6.45, 7) is 2.80. The summed E-state index contributed by atoms with van der Waals surface area (Å²) in [6.07, 6.45) is 7.89. The lowest BCUT2D eigenvalue weighted by Crippen LogP contribution is -2.61. The fraction of sp³-hybridized carbons (Fsp3) is 0.944. The van der Waals surface area contributed by atoms with Gasteiger partial charge in [-0.3, -0.25) is 9.69 Å². The summed E-state index contributed by atoms with van der Waals surface area (Å²) in [5.74, 6) is 1.22. The highest BCUT2D eigenvalue weighted by Crippen LogP contribution is 2.30. The van der Waals surface area contributed by atoms with Crippen molar-refractivity contribution >= 4 is 15.7 Å². The Balaban J connectivity index is 1.64. The van der Waals surface area contributed by atoms with E-state index >= 15 is 0 Å². The maximum Gasteiger partial charge on any atom is 0.237 e. The second kappa shape index (κ2) is 7.92. The van der Waals surface area contributed by atoms with Gasteiger partial charge in [0.25, 0.3) is 0 Å². The van der Waals surface area contributed by atoms with Crippen molar-refractivity contribution in [1.82, 2.24) is 14.7 Å². The lowest BCUT2D eigenvalue weighted by Gasteiger charge is -2.44. The van der Waals surface area contributed by atoms with Crippen LogP contribution in [0.15, 0.2) is 0 Å². The van der Waals surface area contributed by atoms with E-state index < -0.39 is 9.84 Å². The lowest BCUT2D eigenvalue weighted by atomic mass is 9.86. The van der Waals surface area contributed by atoms with Crippen LogP contribution in [0.3, 0.4) is 0 Å². The summed E-state index contributed by atoms with van der Waals surface area (Å²) in [5.41, 5.74) is 0. The van der Waals surface area contributed by atoms with Gasteiger partial charge in [0.05, 0.1) is 24.1 Å². The van der Waals surface area contributed by atoms with Crippen LogP contribution in [-0.4, -0.2) is 92.9 Å². The van der Waals surface area contributed by atoms with Crippen molar-refractivity contribution in [2.75, 3.05) is 51.8 Å². The van der Waals surface area contributed by atoms with Gasteiger partial charge in [0.1, 0.15) is 0 Å². The van der Waals surface area contributed by atoms with Crippen LogP contribution in [0.5, 0.6) is 0 Å². The topological polar surface area (TPSA) is 60.9 Å². The quantitative estimate of drug-likeness (QED) is 0.716. The third kappa shape index (κ3) is 4.74. The number of hydrogen-bond acceptors (Lipinski definition) is 5. The van der Waals surface area contributed by atoms with E-state index in [2.05, 4.69) is 4.90 Å². The first kappa shape index (κ1) is 19.1. The van der Waals surface area contributed by atoms with Gasteiger partial charge in [0.2, 0.25) is 5.91 Å². The molecule has 3 fully saturated rings. The second-order valence-electron chi connectivity index (χ2n) is 8.37. The molecule has 3 aliphatic rings. The number of likely N-dealkylation sites (N-methyl/N-ethyl adjacent to an activating group) is 1. The van der Waals surface area contributed by atoms with Gasteiger partial charge in [-0.15, -0.1) is 0 Å². The number of fused-ring (bicyclic) bond motifs is 1. The third-order valence-electron chi connectivity index (χ3n) is 6.11. The van der Waals surface area contributed by atoms with Gasteiger partial charge >= 0.3 is 0 Å². The molecule has 0 aromatic heterocycles. The highest BCUT2D eigenvalue weighted by molar-refractivity contribution is 7.91. The van der Waals surface area contributed by atoms with E-state index in [0.717, 1.165) is 19.0 Å². The zero-order chi connectivity index (χ0) is 18.0. The van der Waals surface area contributed by atoms with Crippen LogP contribution in [0.4, 0.5) is 0 Å². The molecule has 1 amide bonds. The van der Waals surface area contributed by atoms with Crippen molar-refractivity contribution in [2.45, 2.75) is 50.6 Å². The second-order valence-corrected chi connectivity index (χ2v) is 10.5. The minimum absolute atomic E-state index is 0.00606. The molecular weight excluding hydrogens is 338 g/mol. The van der Waals surface area contributed by atoms with E-state index in [9.17, 15) is 13.2 Å². The summed E-state index contributed by atoms with van der Waals surface area (Å²) in [7, 11) is 0.703. The highest BCUT2D eigenvalue weighted by Gasteiger charge is 2.47. The standard InChI is InChI=1S/C18H33N3O3S/c1-19(2)12-18(22)21-11-10-20(9-8-15-6-4-3-5-7-15)16-13-25(23,24)14-17(16)21/h15-17H,3-14H2,1-2H3/t16-,17+/m0/s1. The first-order valence-corrected chi connectivity index (χ1v) is 11.6. The first-order chi connectivity index (χ1) is 11.9. The van der Waals surface area contributed by atoms with Crippen LogP contribution in [0.1, 0.15) is 38.5 Å². The van der Waals surface area contributed by atoms with Gasteiger partial charge in [-0.1, -0.05) is 32.1 Å². The van der Waals surface area contributed by atoms with E-state index in [-0.39, 0.29) is 29.5 Å². The Labute approximate surface area is 152 Å². The average Bonchev–Trinajstić information content (AvgIpc) is 2.87. The molecular formula is C18H33N3O3S. The Morgan fingerprint density at radius 3 is 2.40 bits per heavy atom. The minimum Gasteiger partial charge on any atom is -0.335 e. The predicted octanol–water partition coefficient (Wildman–Crippen LogP) is 0.828. The molecule has 0 unspecified atom stereocenters. The fourth-order valence-corrected chi connectivity index (χ4v) is 6.81. The van der Waals surface area contributed by atoms with E-state index in [4.69, 9.17) is 0 Å². The highest BCUT2D eigenvalue weighted by atomic mass is 32.2. The van der Waals surface area contributed by atoms with Gasteiger partial charge < -0.3 is 9.80 Å². The fourth-order valence-electron chi connectivity index (χ4n) is 4.80. The molecule has 1 saturated carbocycles. The maximum absolute atomic E-state index is 12.5. The smallest absolute Gasteiger partial charge is 0.237 e. The normalized spacial score (nSPS) is 30.6. The molecule has 25 heavy (non-hydrogen) atoms. The van der Waals surface area contributed by atoms with Crippen LogP contribution in [-0.2, 0) is 14.6 Å². The molecule has 0 aromatic carbocycles. The number of carbonyl (C=O) groups excluding carboxylic acids is 1. The van der Waals surface area contributed by atoms with Crippen molar-refractivity contribution in [2.24, 2.45) is 5.92 Å². The van der Waals surface area contributed by atoms with Crippen molar-refractivity contribution in [3.63, 3.8) is 0 Å². The Kier molecular flexibility index (Phi) is 6.06. The molecule has 2 aliphatic heterocycles. The Hall–Kier alpha value is -0.660. The monoisotopic (exact) mass is 371 g/mol. The molecule has 0 N–H and O–H groups in total. The molecule has 0 aromatic rings. The maximum atomic E-state index is 12.5. The van der Waals surface area contributed by atoms with Crippen LogP contribution in [0.2, 0.25) is 0 Å². The molecule has 0 radical (unpaired) electrons. The number of piperazine rings is 1. The van der Waals surface area contributed by atoms with Gasteiger partial charge in [-0.05, 0) is 33.0 Å². The van der Waals surface area contributed by atoms with Crippen LogP contribution < -0.4 is 0 Å². The number of sulfone groups is 1. The largest absolute Gasteiger partial charge is 0.335 e.